The van der Waals surface area contributed by atoms with Crippen molar-refractivity contribution in [3.63, 3.8) is 0 Å². The van der Waals surface area contributed by atoms with Gasteiger partial charge in [0, 0.05) is 6.07 Å². The maximum atomic E-state index is 13.2. The molecular weight excluding hydrogens is 266 g/mol. The van der Waals surface area contributed by atoms with Crippen LogP contribution in [0.15, 0.2) is 36.4 Å². The van der Waals surface area contributed by atoms with E-state index in [-0.39, 0.29) is 0 Å². The largest absolute Gasteiger partial charge is 0.207 e. The second-order valence-electron chi connectivity index (χ2n) is 4.80. The van der Waals surface area contributed by atoms with Crippen molar-refractivity contribution in [1.82, 2.24) is 0 Å². The molecule has 0 saturated heterocycles. The van der Waals surface area contributed by atoms with Gasteiger partial charge in [-0.05, 0) is 49.1 Å². The summed E-state index contributed by atoms with van der Waals surface area (Å²) in [6.07, 6.45) is 0.554. The average Bonchev–Trinajstić information content (AvgIpc) is 2.32. The SMILES string of the molecule is Cc1ccc(C)c(CC(Cl)c2cc(F)cc(F)c2)c1. The van der Waals surface area contributed by atoms with E-state index < -0.39 is 17.0 Å². The first-order chi connectivity index (χ1) is 8.95. The molecule has 0 nitrogen and oxygen atoms in total. The molecular formula is C16H15ClF2. The number of alkyl halides is 1. The fourth-order valence-electron chi connectivity index (χ4n) is 2.09. The molecule has 0 amide bonds. The molecule has 0 fully saturated rings. The van der Waals surface area contributed by atoms with Gasteiger partial charge in [-0.3, -0.25) is 0 Å². The van der Waals surface area contributed by atoms with E-state index in [4.69, 9.17) is 11.6 Å². The molecule has 1 unspecified atom stereocenters. The van der Waals surface area contributed by atoms with Crippen LogP contribution in [0, 0.1) is 25.5 Å². The van der Waals surface area contributed by atoms with E-state index in [0.717, 1.165) is 22.8 Å². The highest BCUT2D eigenvalue weighted by atomic mass is 35.5. The van der Waals surface area contributed by atoms with Crippen LogP contribution < -0.4 is 0 Å². The third kappa shape index (κ3) is 3.54. The Morgan fingerprint density at radius 3 is 2.26 bits per heavy atom. The zero-order chi connectivity index (χ0) is 14.0. The molecule has 19 heavy (non-hydrogen) atoms. The van der Waals surface area contributed by atoms with Crippen LogP contribution in [0.1, 0.15) is 27.6 Å². The van der Waals surface area contributed by atoms with Crippen LogP contribution in [0.3, 0.4) is 0 Å². The Morgan fingerprint density at radius 2 is 1.63 bits per heavy atom. The summed E-state index contributed by atoms with van der Waals surface area (Å²) in [5.41, 5.74) is 3.85. The Labute approximate surface area is 117 Å². The van der Waals surface area contributed by atoms with Crippen LogP contribution in [0.2, 0.25) is 0 Å². The first kappa shape index (κ1) is 14.0. The van der Waals surface area contributed by atoms with Gasteiger partial charge in [-0.15, -0.1) is 11.6 Å². The van der Waals surface area contributed by atoms with E-state index >= 15 is 0 Å². The van der Waals surface area contributed by atoms with Crippen molar-refractivity contribution in [3.8, 4) is 0 Å². The predicted molar refractivity (Wildman–Crippen MR) is 74.6 cm³/mol. The Bertz CT molecular complexity index is 573. The molecule has 2 aromatic carbocycles. The normalized spacial score (nSPS) is 12.5. The average molecular weight is 281 g/mol. The topological polar surface area (TPSA) is 0 Å². The molecule has 3 heteroatoms. The summed E-state index contributed by atoms with van der Waals surface area (Å²) >= 11 is 6.28. The minimum atomic E-state index is -0.596. The number of halogens is 3. The summed E-state index contributed by atoms with van der Waals surface area (Å²) in [5, 5.41) is -0.439. The lowest BCUT2D eigenvalue weighted by Gasteiger charge is -2.13. The first-order valence-corrected chi connectivity index (χ1v) is 6.55. The first-order valence-electron chi connectivity index (χ1n) is 6.12. The van der Waals surface area contributed by atoms with E-state index in [0.29, 0.717) is 12.0 Å². The molecule has 0 aliphatic rings. The molecule has 1 atom stereocenters. The Hall–Kier alpha value is -1.41. The number of benzene rings is 2. The summed E-state index contributed by atoms with van der Waals surface area (Å²) < 4.78 is 26.3. The fourth-order valence-corrected chi connectivity index (χ4v) is 2.38. The standard InChI is InChI=1S/C16H15ClF2/c1-10-3-4-11(2)12(5-10)8-16(17)13-6-14(18)9-15(19)7-13/h3-7,9,16H,8H2,1-2H3. The molecule has 2 rings (SSSR count). The third-order valence-electron chi connectivity index (χ3n) is 3.15. The van der Waals surface area contributed by atoms with Crippen molar-refractivity contribution < 1.29 is 8.78 Å². The van der Waals surface area contributed by atoms with Gasteiger partial charge in [0.15, 0.2) is 0 Å². The van der Waals surface area contributed by atoms with Gasteiger partial charge >= 0.3 is 0 Å². The lowest BCUT2D eigenvalue weighted by atomic mass is 9.98. The van der Waals surface area contributed by atoms with Gasteiger partial charge in [0.2, 0.25) is 0 Å². The van der Waals surface area contributed by atoms with Crippen molar-refractivity contribution in [3.05, 3.63) is 70.3 Å². The second-order valence-corrected chi connectivity index (χ2v) is 5.33. The van der Waals surface area contributed by atoms with Crippen molar-refractivity contribution in [2.24, 2.45) is 0 Å². The molecule has 0 aliphatic heterocycles. The summed E-state index contributed by atoms with van der Waals surface area (Å²) in [6, 6.07) is 9.54. The Balaban J connectivity index is 2.25. The van der Waals surface area contributed by atoms with Gasteiger partial charge in [-0.25, -0.2) is 8.78 Å². The zero-order valence-electron chi connectivity index (χ0n) is 10.9. The number of hydrogen-bond donors (Lipinski definition) is 0. The van der Waals surface area contributed by atoms with Gasteiger partial charge in [-0.1, -0.05) is 23.8 Å². The summed E-state index contributed by atoms with van der Waals surface area (Å²) in [6.45, 7) is 4.01. The molecule has 0 radical (unpaired) electrons. The van der Waals surface area contributed by atoms with Crippen LogP contribution in [0.4, 0.5) is 8.78 Å². The second kappa shape index (κ2) is 5.70. The summed E-state index contributed by atoms with van der Waals surface area (Å²) in [4.78, 5) is 0. The molecule has 2 aromatic rings. The monoisotopic (exact) mass is 280 g/mol. The number of hydrogen-bond acceptors (Lipinski definition) is 0. The maximum absolute atomic E-state index is 13.2. The van der Waals surface area contributed by atoms with E-state index in [1.165, 1.54) is 12.1 Å². The Kier molecular flexibility index (Phi) is 4.20. The molecule has 0 saturated carbocycles. The van der Waals surface area contributed by atoms with E-state index in [1.807, 2.05) is 26.0 Å². The van der Waals surface area contributed by atoms with Crippen LogP contribution >= 0.6 is 11.6 Å². The molecule has 0 heterocycles. The van der Waals surface area contributed by atoms with Crippen molar-refractivity contribution in [2.45, 2.75) is 25.6 Å². The lowest BCUT2D eigenvalue weighted by Crippen LogP contribution is -2.00. The highest BCUT2D eigenvalue weighted by Gasteiger charge is 2.13. The maximum Gasteiger partial charge on any atom is 0.126 e. The molecule has 0 bridgehead atoms. The van der Waals surface area contributed by atoms with Gasteiger partial charge in [0.1, 0.15) is 11.6 Å². The van der Waals surface area contributed by atoms with Gasteiger partial charge in [-0.2, -0.15) is 0 Å². The molecule has 0 aromatic heterocycles. The fraction of sp³-hybridized carbons (Fsp3) is 0.250. The minimum Gasteiger partial charge on any atom is -0.207 e. The molecule has 0 spiro atoms. The number of rotatable bonds is 3. The summed E-state index contributed by atoms with van der Waals surface area (Å²) in [7, 11) is 0. The van der Waals surface area contributed by atoms with Crippen LogP contribution in [0.25, 0.3) is 0 Å². The smallest absolute Gasteiger partial charge is 0.126 e. The third-order valence-corrected chi connectivity index (χ3v) is 3.56. The van der Waals surface area contributed by atoms with E-state index in [2.05, 4.69) is 6.07 Å². The predicted octanol–water partition coefficient (Wildman–Crippen LogP) is 5.10. The van der Waals surface area contributed by atoms with Gasteiger partial charge in [0.05, 0.1) is 5.38 Å². The highest BCUT2D eigenvalue weighted by Crippen LogP contribution is 2.28. The lowest BCUT2D eigenvalue weighted by molar-refractivity contribution is 0.579. The van der Waals surface area contributed by atoms with Crippen molar-refractivity contribution >= 4 is 11.6 Å². The van der Waals surface area contributed by atoms with E-state index in [1.54, 1.807) is 0 Å². The molecule has 0 N–H and O–H groups in total. The van der Waals surface area contributed by atoms with Crippen molar-refractivity contribution in [1.29, 1.82) is 0 Å². The van der Waals surface area contributed by atoms with Crippen LogP contribution in [0.5, 0.6) is 0 Å². The van der Waals surface area contributed by atoms with Crippen molar-refractivity contribution in [2.75, 3.05) is 0 Å². The highest BCUT2D eigenvalue weighted by molar-refractivity contribution is 6.20. The van der Waals surface area contributed by atoms with Gasteiger partial charge < -0.3 is 0 Å². The minimum absolute atomic E-state index is 0.439. The van der Waals surface area contributed by atoms with Crippen LogP contribution in [-0.4, -0.2) is 0 Å². The molecule has 0 aliphatic carbocycles. The summed E-state index contributed by atoms with van der Waals surface area (Å²) in [5.74, 6) is -1.19. The molecule has 100 valence electrons. The van der Waals surface area contributed by atoms with E-state index in [9.17, 15) is 8.78 Å². The Morgan fingerprint density at radius 1 is 1.00 bits per heavy atom. The zero-order valence-corrected chi connectivity index (χ0v) is 11.6. The van der Waals surface area contributed by atoms with Crippen LogP contribution in [-0.2, 0) is 6.42 Å². The quantitative estimate of drug-likeness (QED) is 0.686. The number of aryl methyl sites for hydroxylation is 2. The van der Waals surface area contributed by atoms with Gasteiger partial charge in [0.25, 0.3) is 0 Å².